The summed E-state index contributed by atoms with van der Waals surface area (Å²) < 4.78 is 0. The Balaban J connectivity index is 2.17. The van der Waals surface area contributed by atoms with E-state index in [2.05, 4.69) is 10.3 Å². The van der Waals surface area contributed by atoms with Gasteiger partial charge in [0.05, 0.1) is 0 Å². The number of nitrogens with one attached hydrogen (secondary N) is 2. The maximum Gasteiger partial charge on any atom is 0.305 e. The number of hydrogen-bond acceptors (Lipinski definition) is 4. The summed E-state index contributed by atoms with van der Waals surface area (Å²) in [6, 6.07) is 6.59. The second-order valence-corrected chi connectivity index (χ2v) is 5.04. The van der Waals surface area contributed by atoms with Crippen molar-refractivity contribution in [1.29, 1.82) is 0 Å². The molecule has 6 heteroatoms. The molecule has 2 rings (SSSR count). The first-order valence-electron chi connectivity index (χ1n) is 5.59. The number of ketones is 1. The van der Waals surface area contributed by atoms with Crippen molar-refractivity contribution in [3.05, 3.63) is 50.1 Å². The van der Waals surface area contributed by atoms with Gasteiger partial charge >= 0.3 is 4.87 Å². The highest BCUT2D eigenvalue weighted by Crippen LogP contribution is 2.14. The smallest absolute Gasteiger partial charge is 0.305 e. The molecule has 0 bridgehead atoms. The van der Waals surface area contributed by atoms with E-state index in [9.17, 15) is 14.4 Å². The van der Waals surface area contributed by atoms with Gasteiger partial charge in [0.25, 0.3) is 5.91 Å². The minimum Gasteiger partial charge on any atom is -0.321 e. The number of amides is 1. The van der Waals surface area contributed by atoms with Gasteiger partial charge in [-0.25, -0.2) is 0 Å². The number of H-pyrrole nitrogens is 1. The molecule has 0 spiro atoms. The molecule has 1 heterocycles. The molecule has 0 unspecified atom stereocenters. The van der Waals surface area contributed by atoms with Crippen LogP contribution in [-0.2, 0) is 0 Å². The van der Waals surface area contributed by atoms with Crippen molar-refractivity contribution in [2.75, 3.05) is 5.32 Å². The van der Waals surface area contributed by atoms with Gasteiger partial charge in [0.2, 0.25) is 0 Å². The fourth-order valence-electron chi connectivity index (χ4n) is 1.60. The van der Waals surface area contributed by atoms with E-state index in [1.165, 1.54) is 6.92 Å². The standard InChI is InChI=1S/C13H12N2O3S/c1-7-11(19-13(18)14-7)12(17)15-10-5-3-9(4-6-10)8(2)16/h3-6H,1-2H3,(H,14,18)(H,15,17). The molecular formula is C13H12N2O3S. The number of aryl methyl sites for hydroxylation is 1. The number of benzene rings is 1. The van der Waals surface area contributed by atoms with Gasteiger partial charge in [0, 0.05) is 16.9 Å². The Labute approximate surface area is 113 Å². The first kappa shape index (κ1) is 13.2. The molecule has 2 N–H and O–H groups in total. The average Bonchev–Trinajstić information content (AvgIpc) is 2.69. The Kier molecular flexibility index (Phi) is 3.62. The Morgan fingerprint density at radius 2 is 1.84 bits per heavy atom. The molecule has 1 amide bonds. The van der Waals surface area contributed by atoms with Crippen LogP contribution in [0.25, 0.3) is 0 Å². The summed E-state index contributed by atoms with van der Waals surface area (Å²) in [5.41, 5.74) is 1.71. The Morgan fingerprint density at radius 3 is 2.32 bits per heavy atom. The van der Waals surface area contributed by atoms with Crippen LogP contribution in [0.15, 0.2) is 29.1 Å². The monoisotopic (exact) mass is 276 g/mol. The van der Waals surface area contributed by atoms with E-state index < -0.39 is 0 Å². The van der Waals surface area contributed by atoms with Crippen molar-refractivity contribution in [3.63, 3.8) is 0 Å². The zero-order valence-electron chi connectivity index (χ0n) is 10.4. The van der Waals surface area contributed by atoms with Crippen molar-refractivity contribution in [2.24, 2.45) is 0 Å². The summed E-state index contributed by atoms with van der Waals surface area (Å²) in [7, 11) is 0. The van der Waals surface area contributed by atoms with Crippen LogP contribution < -0.4 is 10.2 Å². The summed E-state index contributed by atoms with van der Waals surface area (Å²) in [5.74, 6) is -0.367. The topological polar surface area (TPSA) is 79.0 Å². The fraction of sp³-hybridized carbons (Fsp3) is 0.154. The van der Waals surface area contributed by atoms with Crippen molar-refractivity contribution in [1.82, 2.24) is 4.98 Å². The third-order valence-electron chi connectivity index (χ3n) is 2.58. The van der Waals surface area contributed by atoms with E-state index in [1.54, 1.807) is 31.2 Å². The summed E-state index contributed by atoms with van der Waals surface area (Å²) in [6.45, 7) is 3.15. The predicted molar refractivity (Wildman–Crippen MR) is 74.1 cm³/mol. The van der Waals surface area contributed by atoms with E-state index >= 15 is 0 Å². The molecule has 0 fully saturated rings. The van der Waals surface area contributed by atoms with E-state index in [-0.39, 0.29) is 16.6 Å². The van der Waals surface area contributed by atoms with Crippen molar-refractivity contribution in [2.45, 2.75) is 13.8 Å². The number of anilines is 1. The van der Waals surface area contributed by atoms with Crippen LogP contribution >= 0.6 is 11.3 Å². The number of Topliss-reactive ketones (excluding diaryl/α,β-unsaturated/α-hetero) is 1. The molecule has 0 saturated heterocycles. The average molecular weight is 276 g/mol. The number of rotatable bonds is 3. The Morgan fingerprint density at radius 1 is 1.21 bits per heavy atom. The molecule has 0 saturated carbocycles. The SMILES string of the molecule is CC(=O)c1ccc(NC(=O)c2sc(=O)[nH]c2C)cc1. The number of hydrogen-bond donors (Lipinski definition) is 2. The second kappa shape index (κ2) is 5.19. The molecule has 0 atom stereocenters. The number of carbonyl (C=O) groups excluding carboxylic acids is 2. The summed E-state index contributed by atoms with van der Waals surface area (Å²) in [4.78, 5) is 36.9. The van der Waals surface area contributed by atoms with Gasteiger partial charge < -0.3 is 10.3 Å². The number of carbonyl (C=O) groups is 2. The normalized spacial score (nSPS) is 10.2. The highest BCUT2D eigenvalue weighted by Gasteiger charge is 2.13. The minimum absolute atomic E-state index is 0.0300. The number of aromatic amines is 1. The van der Waals surface area contributed by atoms with E-state index in [0.29, 0.717) is 21.8 Å². The zero-order valence-corrected chi connectivity index (χ0v) is 11.3. The minimum atomic E-state index is -0.337. The molecule has 0 aliphatic rings. The van der Waals surface area contributed by atoms with Gasteiger partial charge in [-0.05, 0) is 38.1 Å². The molecule has 19 heavy (non-hydrogen) atoms. The lowest BCUT2D eigenvalue weighted by Gasteiger charge is -2.04. The quantitative estimate of drug-likeness (QED) is 0.843. The molecule has 0 radical (unpaired) electrons. The molecule has 5 nitrogen and oxygen atoms in total. The third-order valence-corrected chi connectivity index (χ3v) is 3.56. The highest BCUT2D eigenvalue weighted by atomic mass is 32.1. The van der Waals surface area contributed by atoms with Crippen LogP contribution in [0.1, 0.15) is 32.6 Å². The molecule has 98 valence electrons. The van der Waals surface area contributed by atoms with Crippen LogP contribution in [0, 0.1) is 6.92 Å². The number of aromatic nitrogens is 1. The predicted octanol–water partition coefficient (Wildman–Crippen LogP) is 2.20. The lowest BCUT2D eigenvalue weighted by atomic mass is 10.1. The van der Waals surface area contributed by atoms with Crippen molar-refractivity contribution in [3.8, 4) is 0 Å². The lowest BCUT2D eigenvalue weighted by Crippen LogP contribution is -2.11. The molecular weight excluding hydrogens is 264 g/mol. The van der Waals surface area contributed by atoms with Gasteiger partial charge in [0.15, 0.2) is 5.78 Å². The van der Waals surface area contributed by atoms with Gasteiger partial charge in [-0.3, -0.25) is 14.4 Å². The van der Waals surface area contributed by atoms with Crippen molar-refractivity contribution >= 4 is 28.7 Å². The zero-order chi connectivity index (χ0) is 14.0. The van der Waals surface area contributed by atoms with Crippen LogP contribution in [0.4, 0.5) is 5.69 Å². The molecule has 0 aliphatic carbocycles. The maximum atomic E-state index is 11.9. The summed E-state index contributed by atoms with van der Waals surface area (Å²) in [5, 5.41) is 2.68. The van der Waals surface area contributed by atoms with E-state index in [4.69, 9.17) is 0 Å². The van der Waals surface area contributed by atoms with Gasteiger partial charge in [-0.2, -0.15) is 0 Å². The second-order valence-electron chi connectivity index (χ2n) is 4.06. The highest BCUT2D eigenvalue weighted by molar-refractivity contribution is 7.11. The largest absolute Gasteiger partial charge is 0.321 e. The van der Waals surface area contributed by atoms with E-state index in [0.717, 1.165) is 11.3 Å². The summed E-state index contributed by atoms with van der Waals surface area (Å²) >= 11 is 0.872. The van der Waals surface area contributed by atoms with Crippen LogP contribution in [0.5, 0.6) is 0 Å². The van der Waals surface area contributed by atoms with Gasteiger partial charge in [-0.1, -0.05) is 11.3 Å². The summed E-state index contributed by atoms with van der Waals surface area (Å²) in [6.07, 6.45) is 0. The third kappa shape index (κ3) is 2.97. The first-order valence-corrected chi connectivity index (χ1v) is 6.41. The van der Waals surface area contributed by atoms with Crippen molar-refractivity contribution < 1.29 is 9.59 Å². The van der Waals surface area contributed by atoms with Gasteiger partial charge in [-0.15, -0.1) is 0 Å². The number of thiazole rings is 1. The molecule has 1 aromatic carbocycles. The Bertz CT molecular complexity index is 683. The Hall–Kier alpha value is -2.21. The maximum absolute atomic E-state index is 11.9. The van der Waals surface area contributed by atoms with E-state index in [1.807, 2.05) is 0 Å². The molecule has 1 aromatic heterocycles. The van der Waals surface area contributed by atoms with Gasteiger partial charge in [0.1, 0.15) is 4.88 Å². The van der Waals surface area contributed by atoms with Crippen LogP contribution in [-0.4, -0.2) is 16.7 Å². The molecule has 2 aromatic rings. The first-order chi connectivity index (χ1) is 8.97. The van der Waals surface area contributed by atoms with Crippen LogP contribution in [0.2, 0.25) is 0 Å². The lowest BCUT2D eigenvalue weighted by molar-refractivity contribution is 0.101. The van der Waals surface area contributed by atoms with Crippen LogP contribution in [0.3, 0.4) is 0 Å². The fourth-order valence-corrected chi connectivity index (χ4v) is 2.33. The molecule has 0 aliphatic heterocycles.